The number of rotatable bonds is 6. The van der Waals surface area contributed by atoms with Crippen molar-refractivity contribution in [2.24, 2.45) is 0 Å². The fourth-order valence-electron chi connectivity index (χ4n) is 3.04. The maximum Gasteiger partial charge on any atom is 0.242 e. The molecule has 0 saturated heterocycles. The molecule has 3 rings (SSSR count). The van der Waals surface area contributed by atoms with Gasteiger partial charge in [-0.2, -0.15) is 5.10 Å². The summed E-state index contributed by atoms with van der Waals surface area (Å²) in [6, 6.07) is 15.9. The molecule has 1 amide bonds. The minimum Gasteiger partial charge on any atom is -0.326 e. The molecule has 0 bridgehead atoms. The van der Waals surface area contributed by atoms with E-state index in [9.17, 15) is 13.2 Å². The first-order valence-corrected chi connectivity index (χ1v) is 10.6. The van der Waals surface area contributed by atoms with E-state index < -0.39 is 10.0 Å². The van der Waals surface area contributed by atoms with Gasteiger partial charge in [0.05, 0.1) is 22.7 Å². The quantitative estimate of drug-likeness (QED) is 0.675. The fourth-order valence-corrected chi connectivity index (χ4v) is 3.94. The lowest BCUT2D eigenvalue weighted by Gasteiger charge is -2.12. The number of benzene rings is 2. The number of carbonyl (C=O) groups is 1. The molecule has 2 aromatic carbocycles. The minimum atomic E-state index is -3.50. The highest BCUT2D eigenvalue weighted by molar-refractivity contribution is 7.89. The molecule has 0 radical (unpaired) electrons. The molecule has 29 heavy (non-hydrogen) atoms. The number of sulfonamides is 1. The second-order valence-corrected chi connectivity index (χ2v) is 9.09. The summed E-state index contributed by atoms with van der Waals surface area (Å²) in [4.78, 5) is 12.7. The number of para-hydroxylation sites is 1. The number of aryl methyl sites for hydroxylation is 1. The first-order chi connectivity index (χ1) is 13.7. The van der Waals surface area contributed by atoms with Crippen molar-refractivity contribution >= 4 is 21.6 Å². The van der Waals surface area contributed by atoms with E-state index in [1.165, 1.54) is 26.2 Å². The molecule has 0 aliphatic carbocycles. The number of hydrogen-bond acceptors (Lipinski definition) is 4. The molecule has 1 aromatic heterocycles. The summed E-state index contributed by atoms with van der Waals surface area (Å²) in [6.45, 7) is 3.83. The second-order valence-electron chi connectivity index (χ2n) is 6.93. The van der Waals surface area contributed by atoms with Crippen LogP contribution in [0.15, 0.2) is 59.5 Å². The van der Waals surface area contributed by atoms with Crippen molar-refractivity contribution in [2.75, 3.05) is 19.4 Å². The number of hydrogen-bond donors (Lipinski definition) is 1. The normalized spacial score (nSPS) is 11.6. The summed E-state index contributed by atoms with van der Waals surface area (Å²) in [7, 11) is -0.541. The molecular formula is C21H24N4O3S. The van der Waals surface area contributed by atoms with E-state index in [0.29, 0.717) is 5.69 Å². The van der Waals surface area contributed by atoms with Crippen LogP contribution in [0.1, 0.15) is 17.0 Å². The largest absolute Gasteiger partial charge is 0.326 e. The molecule has 0 saturated carbocycles. The Labute approximate surface area is 171 Å². The van der Waals surface area contributed by atoms with Gasteiger partial charge in [0.2, 0.25) is 15.9 Å². The van der Waals surface area contributed by atoms with Crippen LogP contribution >= 0.6 is 0 Å². The minimum absolute atomic E-state index is 0.177. The van der Waals surface area contributed by atoms with Crippen LogP contribution in [-0.4, -0.2) is 42.5 Å². The van der Waals surface area contributed by atoms with Crippen LogP contribution in [0.3, 0.4) is 0 Å². The predicted octanol–water partition coefficient (Wildman–Crippen LogP) is 2.92. The van der Waals surface area contributed by atoms with Gasteiger partial charge in [-0.1, -0.05) is 18.2 Å². The average Bonchev–Trinajstić information content (AvgIpc) is 2.97. The molecule has 0 aliphatic heterocycles. The van der Waals surface area contributed by atoms with Gasteiger partial charge in [0.1, 0.15) is 0 Å². The third-order valence-electron chi connectivity index (χ3n) is 4.70. The second kappa shape index (κ2) is 8.18. The smallest absolute Gasteiger partial charge is 0.242 e. The molecule has 1 N–H and O–H groups in total. The van der Waals surface area contributed by atoms with Crippen LogP contribution in [0, 0.1) is 13.8 Å². The summed E-state index contributed by atoms with van der Waals surface area (Å²) in [6.07, 6.45) is 0.183. The van der Waals surface area contributed by atoms with Crippen molar-refractivity contribution < 1.29 is 13.2 Å². The van der Waals surface area contributed by atoms with E-state index in [-0.39, 0.29) is 17.2 Å². The molecule has 7 nitrogen and oxygen atoms in total. The van der Waals surface area contributed by atoms with E-state index in [4.69, 9.17) is 0 Å². The molecular weight excluding hydrogens is 388 g/mol. The SMILES string of the molecule is Cc1nn(-c2ccccc2)c(C)c1CC(=O)Nc1ccc(S(=O)(=O)N(C)C)cc1. The predicted molar refractivity (Wildman–Crippen MR) is 113 cm³/mol. The number of nitrogens with one attached hydrogen (secondary N) is 1. The first-order valence-electron chi connectivity index (χ1n) is 9.13. The van der Waals surface area contributed by atoms with Gasteiger partial charge >= 0.3 is 0 Å². The van der Waals surface area contributed by atoms with Crippen molar-refractivity contribution in [1.29, 1.82) is 0 Å². The molecule has 0 unspecified atom stereocenters. The summed E-state index contributed by atoms with van der Waals surface area (Å²) in [5, 5.41) is 7.38. The lowest BCUT2D eigenvalue weighted by atomic mass is 10.1. The lowest BCUT2D eigenvalue weighted by molar-refractivity contribution is -0.115. The van der Waals surface area contributed by atoms with Gasteiger partial charge in [-0.15, -0.1) is 0 Å². The number of aromatic nitrogens is 2. The summed E-state index contributed by atoms with van der Waals surface area (Å²) >= 11 is 0. The first kappa shape index (κ1) is 20.8. The number of nitrogens with zero attached hydrogens (tertiary/aromatic N) is 3. The van der Waals surface area contributed by atoms with Gasteiger partial charge in [0, 0.05) is 31.0 Å². The highest BCUT2D eigenvalue weighted by Gasteiger charge is 2.18. The van der Waals surface area contributed by atoms with Crippen LogP contribution in [-0.2, 0) is 21.2 Å². The van der Waals surface area contributed by atoms with Crippen molar-refractivity contribution in [3.8, 4) is 5.69 Å². The van der Waals surface area contributed by atoms with Gasteiger partial charge in [-0.25, -0.2) is 17.4 Å². The summed E-state index contributed by atoms with van der Waals surface area (Å²) in [5.74, 6) is -0.188. The Kier molecular flexibility index (Phi) is 5.86. The maximum absolute atomic E-state index is 12.5. The molecule has 1 heterocycles. The molecule has 0 aliphatic rings. The van der Waals surface area contributed by atoms with E-state index in [2.05, 4.69) is 10.4 Å². The zero-order valence-electron chi connectivity index (χ0n) is 16.9. The third-order valence-corrected chi connectivity index (χ3v) is 6.53. The van der Waals surface area contributed by atoms with Crippen LogP contribution in [0.4, 0.5) is 5.69 Å². The van der Waals surface area contributed by atoms with Crippen LogP contribution in [0.5, 0.6) is 0 Å². The van der Waals surface area contributed by atoms with Crippen LogP contribution in [0.2, 0.25) is 0 Å². The Morgan fingerprint density at radius 3 is 2.24 bits per heavy atom. The Balaban J connectivity index is 1.74. The highest BCUT2D eigenvalue weighted by atomic mass is 32.2. The molecule has 0 atom stereocenters. The molecule has 8 heteroatoms. The Morgan fingerprint density at radius 2 is 1.66 bits per heavy atom. The maximum atomic E-state index is 12.5. The molecule has 0 spiro atoms. The molecule has 3 aromatic rings. The Hall–Kier alpha value is -2.97. The van der Waals surface area contributed by atoms with Gasteiger partial charge in [-0.3, -0.25) is 4.79 Å². The average molecular weight is 413 g/mol. The van der Waals surface area contributed by atoms with Crippen LogP contribution in [0.25, 0.3) is 5.69 Å². The van der Waals surface area contributed by atoms with Crippen molar-refractivity contribution in [3.05, 3.63) is 71.5 Å². The number of amides is 1. The standard InChI is InChI=1S/C21H24N4O3S/c1-15-20(16(2)25(23-15)18-8-6-5-7-9-18)14-21(26)22-17-10-12-19(13-11-17)29(27,28)24(3)4/h5-13H,14H2,1-4H3,(H,22,26). The molecule has 0 fully saturated rings. The van der Waals surface area contributed by atoms with E-state index >= 15 is 0 Å². The van der Waals surface area contributed by atoms with E-state index in [1.807, 2.05) is 48.9 Å². The monoisotopic (exact) mass is 412 g/mol. The van der Waals surface area contributed by atoms with Crippen molar-refractivity contribution in [1.82, 2.24) is 14.1 Å². The lowest BCUT2D eigenvalue weighted by Crippen LogP contribution is -2.22. The van der Waals surface area contributed by atoms with Crippen molar-refractivity contribution in [2.45, 2.75) is 25.2 Å². The Morgan fingerprint density at radius 1 is 1.03 bits per heavy atom. The zero-order valence-corrected chi connectivity index (χ0v) is 17.7. The van der Waals surface area contributed by atoms with E-state index in [1.54, 1.807) is 12.1 Å². The highest BCUT2D eigenvalue weighted by Crippen LogP contribution is 2.20. The van der Waals surface area contributed by atoms with Crippen LogP contribution < -0.4 is 5.32 Å². The fraction of sp³-hybridized carbons (Fsp3) is 0.238. The van der Waals surface area contributed by atoms with Gasteiger partial charge < -0.3 is 5.32 Å². The topological polar surface area (TPSA) is 84.3 Å². The zero-order chi connectivity index (χ0) is 21.2. The number of anilines is 1. The molecule has 152 valence electrons. The van der Waals surface area contributed by atoms with Crippen molar-refractivity contribution in [3.63, 3.8) is 0 Å². The summed E-state index contributed by atoms with van der Waals surface area (Å²) in [5.41, 5.74) is 4.07. The van der Waals surface area contributed by atoms with E-state index in [0.717, 1.165) is 26.9 Å². The summed E-state index contributed by atoms with van der Waals surface area (Å²) < 4.78 is 27.2. The number of carbonyl (C=O) groups excluding carboxylic acids is 1. The Bertz CT molecular complexity index is 1120. The van der Waals surface area contributed by atoms with Gasteiger partial charge in [0.15, 0.2) is 0 Å². The third kappa shape index (κ3) is 4.38. The van der Waals surface area contributed by atoms with Gasteiger partial charge in [-0.05, 0) is 50.2 Å². The van der Waals surface area contributed by atoms with Gasteiger partial charge in [0.25, 0.3) is 0 Å².